The van der Waals surface area contributed by atoms with Gasteiger partial charge in [-0.05, 0) is 39.8 Å². The Morgan fingerprint density at radius 1 is 1.08 bits per heavy atom. The van der Waals surface area contributed by atoms with Gasteiger partial charge in [0, 0.05) is 7.05 Å². The third kappa shape index (κ3) is 3.78. The number of hydrogen-bond donors (Lipinski definition) is 0. The number of benzene rings is 1. The quantitative estimate of drug-likeness (QED) is 0.776. The number of nitrogens with zero attached hydrogens (tertiary/aromatic N) is 2. The van der Waals surface area contributed by atoms with Crippen LogP contribution >= 0.6 is 0 Å². The SMILES string of the molecule is CC(C(=O)ON1C(=O)c2ccccc2C1=O)N(C)C(=O)OC(C)(C)C. The molecule has 1 aromatic carbocycles. The first-order valence-corrected chi connectivity index (χ1v) is 7.68. The van der Waals surface area contributed by atoms with E-state index in [1.165, 1.54) is 26.1 Å². The molecule has 1 aliphatic rings. The minimum atomic E-state index is -1.06. The number of hydrogen-bond acceptors (Lipinski definition) is 6. The molecule has 8 heteroatoms. The van der Waals surface area contributed by atoms with Gasteiger partial charge in [0.05, 0.1) is 11.1 Å². The van der Waals surface area contributed by atoms with Gasteiger partial charge >= 0.3 is 12.1 Å². The van der Waals surface area contributed by atoms with Gasteiger partial charge in [-0.3, -0.25) is 14.5 Å². The van der Waals surface area contributed by atoms with Gasteiger partial charge in [-0.2, -0.15) is 0 Å². The summed E-state index contributed by atoms with van der Waals surface area (Å²) >= 11 is 0. The Morgan fingerprint density at radius 2 is 1.56 bits per heavy atom. The zero-order valence-electron chi connectivity index (χ0n) is 14.7. The van der Waals surface area contributed by atoms with Crippen molar-refractivity contribution < 1.29 is 28.8 Å². The van der Waals surface area contributed by atoms with Gasteiger partial charge in [0.25, 0.3) is 11.8 Å². The number of carbonyl (C=O) groups excluding carboxylic acids is 4. The molecule has 0 bridgehead atoms. The first-order chi connectivity index (χ1) is 11.5. The van der Waals surface area contributed by atoms with Crippen molar-refractivity contribution in [2.75, 3.05) is 7.05 Å². The number of imide groups is 1. The highest BCUT2D eigenvalue weighted by molar-refractivity contribution is 6.20. The van der Waals surface area contributed by atoms with Crippen LogP contribution in [0.2, 0.25) is 0 Å². The molecule has 1 atom stereocenters. The maximum Gasteiger partial charge on any atom is 0.410 e. The van der Waals surface area contributed by atoms with E-state index in [1.807, 2.05) is 0 Å². The predicted octanol–water partition coefficient (Wildman–Crippen LogP) is 2.00. The molecule has 0 saturated carbocycles. The molecule has 1 heterocycles. The zero-order valence-corrected chi connectivity index (χ0v) is 14.7. The Kier molecular flexibility index (Phi) is 4.82. The number of amides is 3. The summed E-state index contributed by atoms with van der Waals surface area (Å²) in [6.07, 6.45) is -0.723. The molecule has 0 aromatic heterocycles. The predicted molar refractivity (Wildman–Crippen MR) is 86.5 cm³/mol. The first kappa shape index (κ1) is 18.4. The van der Waals surface area contributed by atoms with E-state index in [0.717, 1.165) is 4.90 Å². The van der Waals surface area contributed by atoms with Crippen molar-refractivity contribution in [1.82, 2.24) is 9.96 Å². The van der Waals surface area contributed by atoms with Gasteiger partial charge < -0.3 is 9.57 Å². The van der Waals surface area contributed by atoms with Crippen LogP contribution in [0, 0.1) is 0 Å². The van der Waals surface area contributed by atoms with E-state index in [-0.39, 0.29) is 11.1 Å². The highest BCUT2D eigenvalue weighted by atomic mass is 16.7. The van der Waals surface area contributed by atoms with Crippen molar-refractivity contribution in [3.05, 3.63) is 35.4 Å². The molecule has 0 spiro atoms. The molecule has 0 aliphatic carbocycles. The van der Waals surface area contributed by atoms with Crippen LogP contribution in [0.3, 0.4) is 0 Å². The minimum absolute atomic E-state index is 0.161. The number of rotatable bonds is 3. The summed E-state index contributed by atoms with van der Waals surface area (Å²) in [7, 11) is 1.36. The van der Waals surface area contributed by atoms with Gasteiger partial charge in [0.2, 0.25) is 0 Å². The van der Waals surface area contributed by atoms with Crippen LogP contribution in [0.25, 0.3) is 0 Å². The maximum absolute atomic E-state index is 12.2. The van der Waals surface area contributed by atoms with Gasteiger partial charge in [0.15, 0.2) is 0 Å². The van der Waals surface area contributed by atoms with Gasteiger partial charge in [-0.25, -0.2) is 9.59 Å². The third-order valence-corrected chi connectivity index (χ3v) is 3.54. The summed E-state index contributed by atoms with van der Waals surface area (Å²) < 4.78 is 5.17. The van der Waals surface area contributed by atoms with Crippen LogP contribution in [-0.4, -0.2) is 52.5 Å². The second kappa shape index (κ2) is 6.54. The molecule has 8 nitrogen and oxygen atoms in total. The standard InChI is InChI=1S/C17H20N2O6/c1-10(18(5)16(23)24-17(2,3)4)15(22)25-19-13(20)11-8-6-7-9-12(11)14(19)21/h6-10H,1-5H3. The molecule has 3 amide bonds. The maximum atomic E-state index is 12.2. The van der Waals surface area contributed by atoms with Crippen LogP contribution in [0.15, 0.2) is 24.3 Å². The second-order valence-corrected chi connectivity index (χ2v) is 6.63. The van der Waals surface area contributed by atoms with E-state index in [1.54, 1.807) is 32.9 Å². The topological polar surface area (TPSA) is 93.2 Å². The summed E-state index contributed by atoms with van der Waals surface area (Å²) in [5.41, 5.74) is -0.404. The van der Waals surface area contributed by atoms with E-state index in [2.05, 4.69) is 0 Å². The van der Waals surface area contributed by atoms with E-state index < -0.39 is 35.5 Å². The monoisotopic (exact) mass is 348 g/mol. The summed E-state index contributed by atoms with van der Waals surface area (Å²) in [4.78, 5) is 54.6. The Labute approximate surface area is 145 Å². The molecule has 1 aromatic rings. The van der Waals surface area contributed by atoms with Gasteiger partial charge in [0.1, 0.15) is 11.6 Å². The van der Waals surface area contributed by atoms with Crippen molar-refractivity contribution >= 4 is 23.9 Å². The molecule has 0 saturated heterocycles. The number of likely N-dealkylation sites (N-methyl/N-ethyl adjacent to an activating group) is 1. The molecule has 0 N–H and O–H groups in total. The number of hydroxylamine groups is 2. The second-order valence-electron chi connectivity index (χ2n) is 6.63. The Bertz CT molecular complexity index is 702. The lowest BCUT2D eigenvalue weighted by Gasteiger charge is -2.28. The van der Waals surface area contributed by atoms with Crippen molar-refractivity contribution in [3.8, 4) is 0 Å². The molecule has 1 unspecified atom stereocenters. The Balaban J connectivity index is 2.06. The van der Waals surface area contributed by atoms with Crippen LogP contribution in [0.5, 0.6) is 0 Å². The third-order valence-electron chi connectivity index (χ3n) is 3.54. The van der Waals surface area contributed by atoms with Gasteiger partial charge in [-0.15, -0.1) is 0 Å². The van der Waals surface area contributed by atoms with Crippen LogP contribution < -0.4 is 0 Å². The van der Waals surface area contributed by atoms with E-state index in [9.17, 15) is 19.2 Å². The molecule has 1 aliphatic heterocycles. The van der Waals surface area contributed by atoms with Crippen molar-refractivity contribution in [3.63, 3.8) is 0 Å². The zero-order chi connectivity index (χ0) is 18.9. The van der Waals surface area contributed by atoms with Crippen molar-refractivity contribution in [2.45, 2.75) is 39.3 Å². The fourth-order valence-corrected chi connectivity index (χ4v) is 2.07. The molecular formula is C17H20N2O6. The first-order valence-electron chi connectivity index (χ1n) is 7.68. The minimum Gasteiger partial charge on any atom is -0.444 e. The summed E-state index contributed by atoms with van der Waals surface area (Å²) in [6, 6.07) is 5.10. The van der Waals surface area contributed by atoms with Gasteiger partial charge in [-0.1, -0.05) is 17.2 Å². The summed E-state index contributed by atoms with van der Waals surface area (Å²) in [5.74, 6) is -2.37. The van der Waals surface area contributed by atoms with Crippen LogP contribution in [-0.2, 0) is 14.4 Å². The summed E-state index contributed by atoms with van der Waals surface area (Å²) in [5, 5.41) is 0.409. The molecule has 25 heavy (non-hydrogen) atoms. The summed E-state index contributed by atoms with van der Waals surface area (Å²) in [6.45, 7) is 6.49. The van der Waals surface area contributed by atoms with Crippen LogP contribution in [0.1, 0.15) is 48.4 Å². The molecular weight excluding hydrogens is 328 g/mol. The molecule has 2 rings (SSSR count). The molecule has 134 valence electrons. The Morgan fingerprint density at radius 3 is 2.00 bits per heavy atom. The largest absolute Gasteiger partial charge is 0.444 e. The van der Waals surface area contributed by atoms with E-state index >= 15 is 0 Å². The fraction of sp³-hybridized carbons (Fsp3) is 0.412. The molecule has 0 fully saturated rings. The van der Waals surface area contributed by atoms with E-state index in [0.29, 0.717) is 5.06 Å². The fourth-order valence-electron chi connectivity index (χ4n) is 2.07. The van der Waals surface area contributed by atoms with Crippen molar-refractivity contribution in [1.29, 1.82) is 0 Å². The van der Waals surface area contributed by atoms with E-state index in [4.69, 9.17) is 9.57 Å². The molecule has 0 radical (unpaired) electrons. The Hall–Kier alpha value is -2.90. The average Bonchev–Trinajstić information content (AvgIpc) is 2.77. The lowest BCUT2D eigenvalue weighted by molar-refractivity contribution is -0.173. The highest BCUT2D eigenvalue weighted by Crippen LogP contribution is 2.23. The smallest absolute Gasteiger partial charge is 0.410 e. The lowest BCUT2D eigenvalue weighted by Crippen LogP contribution is -2.46. The lowest BCUT2D eigenvalue weighted by atomic mass is 10.1. The number of carbonyl (C=O) groups is 4. The average molecular weight is 348 g/mol. The number of fused-ring (bicyclic) bond motifs is 1. The number of ether oxygens (including phenoxy) is 1. The normalized spacial score (nSPS) is 14.8. The highest BCUT2D eigenvalue weighted by Gasteiger charge is 2.40. The van der Waals surface area contributed by atoms with Crippen molar-refractivity contribution in [2.24, 2.45) is 0 Å². The van der Waals surface area contributed by atoms with Crippen LogP contribution in [0.4, 0.5) is 4.79 Å².